The topological polar surface area (TPSA) is 61.7 Å². The normalized spacial score (nSPS) is 18.3. The van der Waals surface area contributed by atoms with Crippen molar-refractivity contribution in [1.82, 2.24) is 19.8 Å². The molecule has 1 saturated heterocycles. The first-order valence-corrected chi connectivity index (χ1v) is 12.6. The van der Waals surface area contributed by atoms with Gasteiger partial charge in [-0.2, -0.15) is 18.3 Å². The van der Waals surface area contributed by atoms with Gasteiger partial charge in [0.25, 0.3) is 5.91 Å². The first-order chi connectivity index (χ1) is 18.0. The molecule has 202 valence electrons. The van der Waals surface area contributed by atoms with Crippen LogP contribution in [0.3, 0.4) is 0 Å². The lowest BCUT2D eigenvalue weighted by molar-refractivity contribution is -0.127. The number of alkyl halides is 4. The van der Waals surface area contributed by atoms with Gasteiger partial charge in [0.15, 0.2) is 0 Å². The van der Waals surface area contributed by atoms with E-state index in [1.54, 1.807) is 30.3 Å². The molecule has 1 aliphatic heterocycles. The van der Waals surface area contributed by atoms with Crippen molar-refractivity contribution in [3.05, 3.63) is 64.8 Å². The van der Waals surface area contributed by atoms with Gasteiger partial charge in [0.05, 0.1) is 24.5 Å². The van der Waals surface area contributed by atoms with E-state index in [1.165, 1.54) is 10.6 Å². The Morgan fingerprint density at radius 2 is 1.97 bits per heavy atom. The summed E-state index contributed by atoms with van der Waals surface area (Å²) in [5.74, 6) is 5.77. The number of benzene rings is 1. The number of hydrogen-bond donors (Lipinski definition) is 2. The van der Waals surface area contributed by atoms with Crippen molar-refractivity contribution in [3.8, 4) is 11.8 Å². The van der Waals surface area contributed by atoms with Crippen LogP contribution in [0.15, 0.2) is 42.5 Å². The number of nitrogens with zero attached hydrogens (tertiary/aromatic N) is 3. The van der Waals surface area contributed by atoms with Gasteiger partial charge in [-0.15, -0.1) is 0 Å². The summed E-state index contributed by atoms with van der Waals surface area (Å²) >= 11 is 0. The maximum absolute atomic E-state index is 14.6. The zero-order valence-corrected chi connectivity index (χ0v) is 21.6. The third-order valence-electron chi connectivity index (χ3n) is 6.57. The van der Waals surface area contributed by atoms with Crippen LogP contribution in [0.5, 0.6) is 0 Å². The van der Waals surface area contributed by atoms with Gasteiger partial charge in [0.1, 0.15) is 17.7 Å². The SMILES string of the molecule is CC(C)c1cccc(C(=O)NCC#Cc2nn3c(N[C@@H]4CCN(C)C[C@@H]4F)cccc3c2CC(F)(F)F)c1. The number of carbonyl (C=O) groups excluding carboxylic acids is 1. The van der Waals surface area contributed by atoms with Crippen LogP contribution in [-0.2, 0) is 6.42 Å². The van der Waals surface area contributed by atoms with Gasteiger partial charge in [-0.05, 0) is 55.1 Å². The Bertz CT molecular complexity index is 1350. The summed E-state index contributed by atoms with van der Waals surface area (Å²) in [6.07, 6.45) is -6.26. The predicted molar refractivity (Wildman–Crippen MR) is 139 cm³/mol. The number of anilines is 1. The fourth-order valence-corrected chi connectivity index (χ4v) is 4.51. The zero-order valence-electron chi connectivity index (χ0n) is 21.6. The Balaban J connectivity index is 1.56. The first-order valence-electron chi connectivity index (χ1n) is 12.6. The number of aromatic nitrogens is 2. The number of amides is 1. The molecule has 0 spiro atoms. The van der Waals surface area contributed by atoms with Crippen LogP contribution in [0.4, 0.5) is 23.4 Å². The minimum Gasteiger partial charge on any atom is -0.364 e. The molecular weight excluding hydrogens is 498 g/mol. The molecule has 0 bridgehead atoms. The van der Waals surface area contributed by atoms with Gasteiger partial charge in [0, 0.05) is 24.2 Å². The van der Waals surface area contributed by atoms with Crippen LogP contribution in [0.1, 0.15) is 53.4 Å². The summed E-state index contributed by atoms with van der Waals surface area (Å²) in [7, 11) is 1.84. The molecule has 10 heteroatoms. The molecular formula is C28H31F4N5O. The predicted octanol–water partition coefficient (Wildman–Crippen LogP) is 4.80. The fourth-order valence-electron chi connectivity index (χ4n) is 4.51. The molecule has 2 atom stereocenters. The monoisotopic (exact) mass is 529 g/mol. The summed E-state index contributed by atoms with van der Waals surface area (Å²) in [5.41, 5.74) is 1.65. The van der Waals surface area contributed by atoms with E-state index in [4.69, 9.17) is 0 Å². The van der Waals surface area contributed by atoms with Crippen molar-refractivity contribution in [2.24, 2.45) is 0 Å². The van der Waals surface area contributed by atoms with Gasteiger partial charge in [-0.3, -0.25) is 4.79 Å². The molecule has 0 unspecified atom stereocenters. The number of piperidine rings is 1. The number of fused-ring (bicyclic) bond motifs is 1. The van der Waals surface area contributed by atoms with E-state index >= 15 is 0 Å². The molecule has 38 heavy (non-hydrogen) atoms. The minimum atomic E-state index is -4.48. The Labute approximate surface area is 219 Å². The van der Waals surface area contributed by atoms with E-state index in [9.17, 15) is 22.4 Å². The average Bonchev–Trinajstić information content (AvgIpc) is 3.20. The largest absolute Gasteiger partial charge is 0.393 e. The highest BCUT2D eigenvalue weighted by molar-refractivity contribution is 5.94. The molecule has 6 nitrogen and oxygen atoms in total. The Morgan fingerprint density at radius 1 is 1.21 bits per heavy atom. The molecule has 1 fully saturated rings. The summed E-state index contributed by atoms with van der Waals surface area (Å²) in [5, 5.41) is 10.1. The first kappa shape index (κ1) is 27.5. The second-order valence-electron chi connectivity index (χ2n) is 9.91. The van der Waals surface area contributed by atoms with E-state index in [-0.39, 0.29) is 41.7 Å². The summed E-state index contributed by atoms with van der Waals surface area (Å²) in [4.78, 5) is 14.4. The number of pyridine rings is 1. The number of rotatable bonds is 6. The molecule has 0 aliphatic carbocycles. The Kier molecular flexibility index (Phi) is 8.26. The summed E-state index contributed by atoms with van der Waals surface area (Å²) in [6.45, 7) is 4.97. The third kappa shape index (κ3) is 6.64. The van der Waals surface area contributed by atoms with E-state index in [0.717, 1.165) is 5.56 Å². The third-order valence-corrected chi connectivity index (χ3v) is 6.57. The highest BCUT2D eigenvalue weighted by atomic mass is 19.4. The van der Waals surface area contributed by atoms with Crippen LogP contribution in [0, 0.1) is 11.8 Å². The molecule has 1 aliphatic rings. The van der Waals surface area contributed by atoms with Gasteiger partial charge in [-0.25, -0.2) is 8.91 Å². The standard InChI is InChI=1S/C28H31F4N5O/c1-18(2)19-7-4-8-20(15-19)27(38)33-13-6-9-23-21(16-28(30,31)32)25-10-5-11-26(37(25)35-23)34-24-12-14-36(3)17-22(24)29/h4-5,7-8,10-11,15,18,22,24,34H,12-14,16-17H2,1-3H3,(H,33,38)/t22-,24+/m0/s1. The smallest absolute Gasteiger partial charge is 0.364 e. The molecule has 2 N–H and O–H groups in total. The average molecular weight is 530 g/mol. The van der Waals surface area contributed by atoms with Crippen molar-refractivity contribution >= 4 is 17.2 Å². The maximum Gasteiger partial charge on any atom is 0.393 e. The molecule has 0 radical (unpaired) electrons. The highest BCUT2D eigenvalue weighted by Crippen LogP contribution is 2.28. The molecule has 2 aromatic heterocycles. The minimum absolute atomic E-state index is 0.0344. The lowest BCUT2D eigenvalue weighted by Gasteiger charge is -2.33. The molecule has 0 saturated carbocycles. The number of likely N-dealkylation sites (tertiary alicyclic amines) is 1. The molecule has 3 aromatic rings. The highest BCUT2D eigenvalue weighted by Gasteiger charge is 2.32. The second-order valence-corrected chi connectivity index (χ2v) is 9.91. The van der Waals surface area contributed by atoms with Crippen LogP contribution in [0.25, 0.3) is 5.52 Å². The van der Waals surface area contributed by atoms with Crippen molar-refractivity contribution in [2.75, 3.05) is 32.0 Å². The fraction of sp³-hybridized carbons (Fsp3) is 0.429. The van der Waals surface area contributed by atoms with E-state index in [2.05, 4.69) is 27.6 Å². The van der Waals surface area contributed by atoms with Crippen molar-refractivity contribution < 1.29 is 22.4 Å². The summed E-state index contributed by atoms with van der Waals surface area (Å²) < 4.78 is 56.3. The number of halogens is 4. The van der Waals surface area contributed by atoms with Gasteiger partial charge in [-0.1, -0.05) is 38.0 Å². The lowest BCUT2D eigenvalue weighted by Crippen LogP contribution is -2.46. The van der Waals surface area contributed by atoms with Gasteiger partial charge in [0.2, 0.25) is 0 Å². The number of nitrogens with one attached hydrogen (secondary N) is 2. The molecule has 4 rings (SSSR count). The van der Waals surface area contributed by atoms with Crippen LogP contribution in [0.2, 0.25) is 0 Å². The van der Waals surface area contributed by atoms with Crippen LogP contribution < -0.4 is 10.6 Å². The second kappa shape index (κ2) is 11.4. The van der Waals surface area contributed by atoms with E-state index in [1.807, 2.05) is 31.9 Å². The lowest BCUT2D eigenvalue weighted by atomic mass is 10.0. The van der Waals surface area contributed by atoms with E-state index < -0.39 is 24.8 Å². The molecule has 1 aromatic carbocycles. The Morgan fingerprint density at radius 3 is 2.68 bits per heavy atom. The Hall–Kier alpha value is -3.58. The van der Waals surface area contributed by atoms with Crippen LogP contribution in [-0.4, -0.2) is 65.5 Å². The maximum atomic E-state index is 14.6. The number of hydrogen-bond acceptors (Lipinski definition) is 4. The van der Waals surface area contributed by atoms with E-state index in [0.29, 0.717) is 24.3 Å². The van der Waals surface area contributed by atoms with Crippen molar-refractivity contribution in [1.29, 1.82) is 0 Å². The molecule has 1 amide bonds. The van der Waals surface area contributed by atoms with Crippen molar-refractivity contribution in [3.63, 3.8) is 0 Å². The van der Waals surface area contributed by atoms with Gasteiger partial charge >= 0.3 is 6.18 Å². The summed E-state index contributed by atoms with van der Waals surface area (Å²) in [6, 6.07) is 11.6. The van der Waals surface area contributed by atoms with Crippen LogP contribution >= 0.6 is 0 Å². The van der Waals surface area contributed by atoms with Gasteiger partial charge < -0.3 is 15.5 Å². The van der Waals surface area contributed by atoms with Crippen molar-refractivity contribution in [2.45, 2.75) is 51.0 Å². The zero-order chi connectivity index (χ0) is 27.4. The number of carbonyl (C=O) groups is 1. The molecule has 3 heterocycles. The quantitative estimate of drug-likeness (QED) is 0.356.